The average Bonchev–Trinajstić information content (AvgIpc) is 3.52. The molecule has 0 radical (unpaired) electrons. The number of fused-ring (bicyclic) bond motifs is 1. The van der Waals surface area contributed by atoms with Crippen LogP contribution in [0.3, 0.4) is 0 Å². The number of amides is 2. The molecule has 0 unspecified atom stereocenters. The Morgan fingerprint density at radius 3 is 2.30 bits per heavy atom. The first-order chi connectivity index (χ1) is 20.5. The molecule has 1 saturated heterocycles. The van der Waals surface area contributed by atoms with E-state index in [1.807, 2.05) is 0 Å². The number of methoxy groups -OCH3 is 1. The highest BCUT2D eigenvalue weighted by atomic mass is 32.2. The molecule has 2 aliphatic rings. The van der Waals surface area contributed by atoms with Crippen LogP contribution in [0.2, 0.25) is 0 Å². The van der Waals surface area contributed by atoms with Gasteiger partial charge in [-0.15, -0.1) is 0 Å². The lowest BCUT2D eigenvalue weighted by Gasteiger charge is -2.42. The molecule has 2 fully saturated rings. The largest absolute Gasteiger partial charge is 0.497 e. The number of alkyl halides is 2. The number of benzene rings is 1. The van der Waals surface area contributed by atoms with E-state index in [9.17, 15) is 31.6 Å². The van der Waals surface area contributed by atoms with E-state index < -0.39 is 75.2 Å². The van der Waals surface area contributed by atoms with Crippen molar-refractivity contribution < 1.29 is 41.1 Å². The molecule has 236 valence electrons. The van der Waals surface area contributed by atoms with Gasteiger partial charge in [-0.3, -0.25) is 9.59 Å². The molecule has 44 heavy (non-hydrogen) atoms. The Morgan fingerprint density at radius 2 is 1.68 bits per heavy atom. The maximum absolute atomic E-state index is 14.3. The predicted molar refractivity (Wildman–Crippen MR) is 155 cm³/mol. The number of nitrogens with zero attached hydrogens (tertiary/aromatic N) is 4. The summed E-state index contributed by atoms with van der Waals surface area (Å²) in [4.78, 5) is 45.5. The molecule has 1 saturated carbocycles. The topological polar surface area (TPSA) is 150 Å². The molecule has 0 bridgehead atoms. The summed E-state index contributed by atoms with van der Waals surface area (Å²) in [5.74, 6) is -5.32. The van der Waals surface area contributed by atoms with Crippen molar-refractivity contribution in [3.8, 4) is 5.75 Å². The van der Waals surface area contributed by atoms with Crippen molar-refractivity contribution >= 4 is 44.6 Å². The Hall–Kier alpha value is -4.14. The van der Waals surface area contributed by atoms with Crippen LogP contribution in [0.15, 0.2) is 42.6 Å². The maximum atomic E-state index is 14.3. The standard InChI is InChI=1S/C29H33F2N5O7S/c1-27(2,3)43-26(39)36-21-9-10-23(33-20(21)15-32-36)34-24(37)22-16-44(40,41)17-35(22)25(38)28(11-13-29(30,31)14-12-28)18-5-7-19(42-4)8-6-18/h5-10,15,22H,11-14,16-17H2,1-4H3,(H,33,34,37)/t22-/m1/s1. The second-order valence-corrected chi connectivity index (χ2v) is 14.2. The van der Waals surface area contributed by atoms with Gasteiger partial charge in [0.2, 0.25) is 17.7 Å². The molecule has 1 atom stereocenters. The van der Waals surface area contributed by atoms with Crippen molar-refractivity contribution in [2.75, 3.05) is 24.1 Å². The first-order valence-electron chi connectivity index (χ1n) is 14.0. The van der Waals surface area contributed by atoms with Crippen molar-refractivity contribution in [1.82, 2.24) is 19.7 Å². The van der Waals surface area contributed by atoms with Crippen LogP contribution in [0, 0.1) is 0 Å². The monoisotopic (exact) mass is 633 g/mol. The lowest BCUT2D eigenvalue weighted by Crippen LogP contribution is -2.54. The van der Waals surface area contributed by atoms with Crippen LogP contribution in [0.25, 0.3) is 11.0 Å². The number of aromatic nitrogens is 3. The molecular weight excluding hydrogens is 600 g/mol. The number of halogens is 2. The van der Waals surface area contributed by atoms with Crippen molar-refractivity contribution in [3.63, 3.8) is 0 Å². The smallest absolute Gasteiger partial charge is 0.435 e. The highest BCUT2D eigenvalue weighted by molar-refractivity contribution is 7.91. The van der Waals surface area contributed by atoms with Crippen LogP contribution in [-0.2, 0) is 29.6 Å². The van der Waals surface area contributed by atoms with Gasteiger partial charge >= 0.3 is 6.09 Å². The van der Waals surface area contributed by atoms with Crippen molar-refractivity contribution in [1.29, 1.82) is 0 Å². The van der Waals surface area contributed by atoms with Crippen molar-refractivity contribution in [2.24, 2.45) is 0 Å². The van der Waals surface area contributed by atoms with Gasteiger partial charge in [-0.2, -0.15) is 9.78 Å². The van der Waals surface area contributed by atoms with Gasteiger partial charge in [0.05, 0.1) is 30.0 Å². The van der Waals surface area contributed by atoms with Crippen molar-refractivity contribution in [3.05, 3.63) is 48.2 Å². The van der Waals surface area contributed by atoms with Crippen LogP contribution in [0.1, 0.15) is 52.0 Å². The normalized spacial score (nSPS) is 20.7. The van der Waals surface area contributed by atoms with Gasteiger partial charge in [0.1, 0.15) is 34.6 Å². The molecule has 5 rings (SSSR count). The summed E-state index contributed by atoms with van der Waals surface area (Å²) in [5, 5.41) is 6.57. The molecule has 2 aromatic heterocycles. The average molecular weight is 634 g/mol. The van der Waals surface area contributed by atoms with Gasteiger partial charge in [0.15, 0.2) is 9.84 Å². The van der Waals surface area contributed by atoms with Crippen LogP contribution in [0.5, 0.6) is 5.75 Å². The number of anilines is 1. The Morgan fingerprint density at radius 1 is 1.02 bits per heavy atom. The van der Waals surface area contributed by atoms with Crippen LogP contribution in [0.4, 0.5) is 19.4 Å². The van der Waals surface area contributed by atoms with E-state index >= 15 is 0 Å². The lowest BCUT2D eigenvalue weighted by atomic mass is 9.67. The quantitative estimate of drug-likeness (QED) is 0.442. The number of hydrogen-bond donors (Lipinski definition) is 1. The zero-order valence-corrected chi connectivity index (χ0v) is 25.5. The van der Waals surface area contributed by atoms with Crippen LogP contribution in [-0.4, -0.2) is 82.3 Å². The fourth-order valence-corrected chi connectivity index (χ4v) is 7.24. The van der Waals surface area contributed by atoms with E-state index in [-0.39, 0.29) is 24.2 Å². The molecule has 1 aromatic carbocycles. The van der Waals surface area contributed by atoms with Crippen LogP contribution >= 0.6 is 0 Å². The third-order valence-corrected chi connectivity index (χ3v) is 9.31. The number of carbonyl (C=O) groups is 3. The Balaban J connectivity index is 1.42. The van der Waals surface area contributed by atoms with Gasteiger partial charge in [0.25, 0.3) is 0 Å². The minimum Gasteiger partial charge on any atom is -0.497 e. The molecule has 1 aliphatic heterocycles. The molecule has 12 nitrogen and oxygen atoms in total. The van der Waals surface area contributed by atoms with Gasteiger partial charge in [-0.05, 0) is 63.4 Å². The molecule has 3 aromatic rings. The minimum atomic E-state index is -3.87. The van der Waals surface area contributed by atoms with Gasteiger partial charge in [-0.25, -0.2) is 27.0 Å². The summed E-state index contributed by atoms with van der Waals surface area (Å²) < 4.78 is 65.7. The summed E-state index contributed by atoms with van der Waals surface area (Å²) in [6.07, 6.45) is -0.997. The third-order valence-electron chi connectivity index (χ3n) is 7.82. The molecular formula is C29H33F2N5O7S. The fourth-order valence-electron chi connectivity index (χ4n) is 5.60. The van der Waals surface area contributed by atoms with Crippen LogP contribution < -0.4 is 10.1 Å². The zero-order valence-electron chi connectivity index (χ0n) is 24.7. The third kappa shape index (κ3) is 6.23. The van der Waals surface area contributed by atoms with E-state index in [1.165, 1.54) is 25.4 Å². The molecule has 2 amide bonds. The second kappa shape index (κ2) is 11.1. The number of hydrogen-bond acceptors (Lipinski definition) is 9. The summed E-state index contributed by atoms with van der Waals surface area (Å²) in [7, 11) is -2.41. The highest BCUT2D eigenvalue weighted by Crippen LogP contribution is 2.47. The number of ether oxygens (including phenoxy) is 2. The highest BCUT2D eigenvalue weighted by Gasteiger charge is 2.54. The Bertz CT molecular complexity index is 1710. The van der Waals surface area contributed by atoms with E-state index in [1.54, 1.807) is 45.0 Å². The zero-order chi connectivity index (χ0) is 32.1. The Kier molecular flexibility index (Phi) is 7.89. The van der Waals surface area contributed by atoms with Gasteiger partial charge < -0.3 is 19.7 Å². The lowest BCUT2D eigenvalue weighted by molar-refractivity contribution is -0.146. The van der Waals surface area contributed by atoms with Gasteiger partial charge in [-0.1, -0.05) is 12.1 Å². The van der Waals surface area contributed by atoms with Gasteiger partial charge in [0, 0.05) is 12.8 Å². The second-order valence-electron chi connectivity index (χ2n) is 12.1. The number of rotatable bonds is 5. The number of pyridine rings is 1. The summed E-state index contributed by atoms with van der Waals surface area (Å²) in [6.45, 7) is 5.13. The molecule has 1 aliphatic carbocycles. The molecule has 0 spiro atoms. The number of carbonyl (C=O) groups excluding carboxylic acids is 3. The summed E-state index contributed by atoms with van der Waals surface area (Å²) in [5.41, 5.74) is -1.21. The van der Waals surface area contributed by atoms with E-state index in [0.29, 0.717) is 16.8 Å². The number of nitrogens with one attached hydrogen (secondary N) is 1. The maximum Gasteiger partial charge on any atom is 0.435 e. The predicted octanol–water partition coefficient (Wildman–Crippen LogP) is 3.89. The first kappa shape index (κ1) is 31.3. The Labute approximate surface area is 252 Å². The summed E-state index contributed by atoms with van der Waals surface area (Å²) in [6, 6.07) is 7.90. The van der Waals surface area contributed by atoms with Crippen molar-refractivity contribution in [2.45, 2.75) is 69.4 Å². The molecule has 3 heterocycles. The molecule has 15 heteroatoms. The minimum absolute atomic E-state index is 0.0325. The SMILES string of the molecule is COc1ccc(C2(C(=O)N3CS(=O)(=O)C[C@@H]3C(=O)Nc3ccc4c(cnn4C(=O)OC(C)(C)C)n3)CCC(F)(F)CC2)cc1. The van der Waals surface area contributed by atoms with E-state index in [0.717, 1.165) is 9.58 Å². The first-order valence-corrected chi connectivity index (χ1v) is 15.8. The fraction of sp³-hybridized carbons (Fsp3) is 0.483. The van der Waals surface area contributed by atoms with E-state index in [4.69, 9.17) is 9.47 Å². The summed E-state index contributed by atoms with van der Waals surface area (Å²) >= 11 is 0. The number of sulfone groups is 1. The molecule has 1 N–H and O–H groups in total. The van der Waals surface area contributed by atoms with E-state index in [2.05, 4.69) is 15.4 Å².